The van der Waals surface area contributed by atoms with Crippen molar-refractivity contribution in [2.75, 3.05) is 18.6 Å². The van der Waals surface area contributed by atoms with Gasteiger partial charge in [0.2, 0.25) is 22.0 Å². The molecule has 35 heavy (non-hydrogen) atoms. The highest BCUT2D eigenvalue weighted by Crippen LogP contribution is 2.33. The quantitative estimate of drug-likeness (QED) is 0.404. The predicted molar refractivity (Wildman–Crippen MR) is 126 cm³/mol. The molecule has 196 valence electrons. The number of nitrogens with one attached hydrogen (secondary N) is 2. The molecule has 2 atom stereocenters. The van der Waals surface area contributed by atoms with E-state index in [4.69, 9.17) is 0 Å². The number of amides is 2. The highest BCUT2D eigenvalue weighted by Gasteiger charge is 2.32. The summed E-state index contributed by atoms with van der Waals surface area (Å²) < 4.78 is 42.7. The van der Waals surface area contributed by atoms with Crippen molar-refractivity contribution in [2.24, 2.45) is 0 Å². The zero-order chi connectivity index (χ0) is 27.3. The van der Waals surface area contributed by atoms with Gasteiger partial charge in [-0.1, -0.05) is 37.4 Å². The smallest absolute Gasteiger partial charge is 0.416 e. The summed E-state index contributed by atoms with van der Waals surface area (Å²) in [6.07, 6.45) is -4.70. The van der Waals surface area contributed by atoms with Crippen LogP contribution < -0.4 is 10.6 Å². The molecule has 0 saturated heterocycles. The number of thioether (sulfide) groups is 2. The topological polar surface area (TPSA) is 139 Å². The van der Waals surface area contributed by atoms with Crippen LogP contribution in [0.3, 0.4) is 0 Å². The summed E-state index contributed by atoms with van der Waals surface area (Å²) in [4.78, 5) is 59.3. The van der Waals surface area contributed by atoms with E-state index in [0.717, 1.165) is 20.1 Å². The van der Waals surface area contributed by atoms with E-state index in [1.807, 2.05) is 13.8 Å². The summed E-state index contributed by atoms with van der Waals surface area (Å²) in [5.41, 5.74) is -1.53. The van der Waals surface area contributed by atoms with E-state index < -0.39 is 63.2 Å². The number of phenolic OH excluding ortho intramolecular Hbond substituents is 1. The summed E-state index contributed by atoms with van der Waals surface area (Å²) in [6, 6.07) is -0.470. The Kier molecular flexibility index (Phi) is 14.1. The number of benzene rings is 1. The number of ether oxygens (including phenoxy) is 1. The molecule has 0 fully saturated rings. The minimum absolute atomic E-state index is 0.209. The van der Waals surface area contributed by atoms with Crippen LogP contribution in [0.1, 0.15) is 43.6 Å². The summed E-state index contributed by atoms with van der Waals surface area (Å²) >= 11 is 1.11. The molecule has 14 heteroatoms. The zero-order valence-electron chi connectivity index (χ0n) is 19.6. The third kappa shape index (κ3) is 11.5. The van der Waals surface area contributed by atoms with Gasteiger partial charge in [-0.3, -0.25) is 19.2 Å². The number of phenols is 1. The number of esters is 1. The second-order valence-electron chi connectivity index (χ2n) is 6.49. The summed E-state index contributed by atoms with van der Waals surface area (Å²) in [5.74, 6) is -3.30. The average molecular weight is 541 g/mol. The lowest BCUT2D eigenvalue weighted by molar-refractivity contribution is -0.144. The molecule has 2 unspecified atom stereocenters. The van der Waals surface area contributed by atoms with Crippen LogP contribution in [0.15, 0.2) is 18.2 Å². The molecule has 0 aliphatic heterocycles. The Morgan fingerprint density at radius 1 is 0.971 bits per heavy atom. The Bertz CT molecular complexity index is 927. The van der Waals surface area contributed by atoms with E-state index in [-0.39, 0.29) is 11.5 Å². The Morgan fingerprint density at radius 3 is 1.94 bits per heavy atom. The summed E-state index contributed by atoms with van der Waals surface area (Å²) in [5, 5.41) is 13.0. The van der Waals surface area contributed by atoms with Crippen molar-refractivity contribution >= 4 is 51.5 Å². The van der Waals surface area contributed by atoms with E-state index in [0.29, 0.717) is 35.7 Å². The van der Waals surface area contributed by atoms with E-state index in [9.17, 15) is 42.3 Å². The first-order valence-electron chi connectivity index (χ1n) is 10.1. The number of rotatable bonds is 9. The van der Waals surface area contributed by atoms with Gasteiger partial charge in [0.05, 0.1) is 18.2 Å². The van der Waals surface area contributed by atoms with E-state index >= 15 is 0 Å². The predicted octanol–water partition coefficient (Wildman–Crippen LogP) is 2.75. The third-order valence-electron chi connectivity index (χ3n) is 3.84. The molecule has 0 aliphatic carbocycles. The second-order valence-corrected chi connectivity index (χ2v) is 8.50. The Hall–Kier alpha value is -2.74. The number of halogens is 3. The molecular weight excluding hydrogens is 513 g/mol. The van der Waals surface area contributed by atoms with Gasteiger partial charge in [0, 0.05) is 25.4 Å². The fraction of sp³-hybridized carbons (Fsp3) is 0.476. The molecule has 0 heterocycles. The fourth-order valence-corrected chi connectivity index (χ4v) is 4.23. The molecule has 0 aromatic heterocycles. The van der Waals surface area contributed by atoms with Crippen molar-refractivity contribution in [3.63, 3.8) is 0 Å². The maximum absolute atomic E-state index is 12.7. The van der Waals surface area contributed by atoms with Crippen molar-refractivity contribution < 1.29 is 47.0 Å². The third-order valence-corrected chi connectivity index (χ3v) is 5.89. The van der Waals surface area contributed by atoms with Crippen LogP contribution >= 0.6 is 23.5 Å². The van der Waals surface area contributed by atoms with Gasteiger partial charge in [0.15, 0.2) is 0 Å². The van der Waals surface area contributed by atoms with Gasteiger partial charge >= 0.3 is 12.1 Å². The van der Waals surface area contributed by atoms with Crippen molar-refractivity contribution in [2.45, 2.75) is 46.0 Å². The Morgan fingerprint density at radius 2 is 1.49 bits per heavy atom. The van der Waals surface area contributed by atoms with Crippen LogP contribution in [-0.2, 0) is 30.1 Å². The molecule has 0 aliphatic rings. The van der Waals surface area contributed by atoms with Crippen molar-refractivity contribution in [3.8, 4) is 5.75 Å². The lowest BCUT2D eigenvalue weighted by atomic mass is 10.1. The molecule has 1 rings (SSSR count). The summed E-state index contributed by atoms with van der Waals surface area (Å²) in [7, 11) is 1.10. The van der Waals surface area contributed by atoms with Gasteiger partial charge in [-0.2, -0.15) is 13.2 Å². The number of hydrogen-bond donors (Lipinski definition) is 3. The zero-order valence-corrected chi connectivity index (χ0v) is 21.3. The molecule has 0 radical (unpaired) electrons. The maximum atomic E-state index is 12.7. The van der Waals surface area contributed by atoms with Crippen LogP contribution in [0.25, 0.3) is 0 Å². The average Bonchev–Trinajstić information content (AvgIpc) is 2.78. The van der Waals surface area contributed by atoms with Crippen LogP contribution in [0.4, 0.5) is 13.2 Å². The first-order valence-corrected chi connectivity index (χ1v) is 12.1. The highest BCUT2D eigenvalue weighted by atomic mass is 32.2. The van der Waals surface area contributed by atoms with Gasteiger partial charge in [-0.05, 0) is 18.2 Å². The Labute approximate surface area is 208 Å². The summed E-state index contributed by atoms with van der Waals surface area (Å²) in [6.45, 7) is 6.30. The number of carbonyl (C=O) groups is 5. The minimum Gasteiger partial charge on any atom is -0.507 e. The van der Waals surface area contributed by atoms with E-state index in [1.165, 1.54) is 6.92 Å². The first-order chi connectivity index (χ1) is 16.3. The number of aromatic hydroxyl groups is 1. The molecular formula is C21H27F3N2O7S2. The molecule has 0 spiro atoms. The number of hydrogen-bond acceptors (Lipinski definition) is 9. The van der Waals surface area contributed by atoms with E-state index in [2.05, 4.69) is 15.4 Å². The van der Waals surface area contributed by atoms with Gasteiger partial charge in [-0.25, -0.2) is 4.79 Å². The molecule has 0 saturated carbocycles. The minimum atomic E-state index is -4.70. The SMILES string of the molecule is CC.COC(=O)C(CSC(=O)C(CSC(=O)c1ccc(C(F)(F)F)cc1O)NC(C)=O)NC(C)=O. The van der Waals surface area contributed by atoms with Gasteiger partial charge in [0.1, 0.15) is 17.8 Å². The lowest BCUT2D eigenvalue weighted by Crippen LogP contribution is -2.44. The molecule has 1 aromatic carbocycles. The van der Waals surface area contributed by atoms with Crippen LogP contribution in [0, 0.1) is 0 Å². The molecule has 9 nitrogen and oxygen atoms in total. The molecule has 0 bridgehead atoms. The molecule has 3 N–H and O–H groups in total. The highest BCUT2D eigenvalue weighted by molar-refractivity contribution is 8.15. The number of carbonyl (C=O) groups excluding carboxylic acids is 5. The van der Waals surface area contributed by atoms with Gasteiger partial charge in [-0.15, -0.1) is 0 Å². The fourth-order valence-electron chi connectivity index (χ4n) is 2.35. The monoisotopic (exact) mass is 540 g/mol. The second kappa shape index (κ2) is 15.3. The maximum Gasteiger partial charge on any atom is 0.416 e. The molecule has 1 aromatic rings. The standard InChI is InChI=1S/C19H21F3N2O7S2.C2H6/c1-9(25)23-13(16(28)31-3)7-33-18(30)14(24-10(2)26)8-32-17(29)12-5-4-11(6-15(12)27)19(20,21)22;1-2/h4-6,13-14,27H,7-8H2,1-3H3,(H,23,25)(H,24,26);1-2H3. The van der Waals surface area contributed by atoms with Gasteiger partial charge in [0.25, 0.3) is 0 Å². The first kappa shape index (κ1) is 32.3. The van der Waals surface area contributed by atoms with Crippen LogP contribution in [0.5, 0.6) is 5.75 Å². The van der Waals surface area contributed by atoms with Gasteiger partial charge < -0.3 is 20.5 Å². The normalized spacial score (nSPS) is 12.3. The van der Waals surface area contributed by atoms with Crippen LogP contribution in [0.2, 0.25) is 0 Å². The number of methoxy groups -OCH3 is 1. The van der Waals surface area contributed by atoms with Crippen LogP contribution in [-0.4, -0.2) is 63.8 Å². The van der Waals surface area contributed by atoms with Crippen molar-refractivity contribution in [3.05, 3.63) is 29.3 Å². The largest absolute Gasteiger partial charge is 0.507 e. The molecule has 2 amide bonds. The van der Waals surface area contributed by atoms with Crippen molar-refractivity contribution in [1.29, 1.82) is 0 Å². The lowest BCUT2D eigenvalue weighted by Gasteiger charge is -2.18. The number of alkyl halides is 3. The Balaban J connectivity index is 0.00000562. The van der Waals surface area contributed by atoms with Crippen molar-refractivity contribution in [1.82, 2.24) is 10.6 Å². The van der Waals surface area contributed by atoms with E-state index in [1.54, 1.807) is 0 Å².